The molecule has 0 aliphatic carbocycles. The van der Waals surface area contributed by atoms with Crippen LogP contribution in [0.15, 0.2) is 40.9 Å². The van der Waals surface area contributed by atoms with Gasteiger partial charge < -0.3 is 10.1 Å². The zero-order chi connectivity index (χ0) is 25.9. The number of anilines is 1. The summed E-state index contributed by atoms with van der Waals surface area (Å²) >= 11 is 3.51. The molecule has 0 spiro atoms. The second-order valence-corrected chi connectivity index (χ2v) is 9.86. The van der Waals surface area contributed by atoms with Crippen molar-refractivity contribution in [3.8, 4) is 0 Å². The highest BCUT2D eigenvalue weighted by Gasteiger charge is 2.39. The van der Waals surface area contributed by atoms with Gasteiger partial charge in [-0.25, -0.2) is 4.79 Å². The van der Waals surface area contributed by atoms with Crippen LogP contribution in [-0.4, -0.2) is 16.2 Å². The van der Waals surface area contributed by atoms with E-state index < -0.39 is 46.9 Å². The molecule has 1 aliphatic rings. The summed E-state index contributed by atoms with van der Waals surface area (Å²) in [4.78, 5) is 13.4. The van der Waals surface area contributed by atoms with Crippen LogP contribution in [-0.2, 0) is 23.5 Å². The summed E-state index contributed by atoms with van der Waals surface area (Å²) in [7, 11) is 0. The lowest BCUT2D eigenvalue weighted by molar-refractivity contribution is -0.143. The van der Waals surface area contributed by atoms with E-state index >= 15 is 0 Å². The summed E-state index contributed by atoms with van der Waals surface area (Å²) in [6.45, 7) is 5.70. The first-order chi connectivity index (χ1) is 16.1. The van der Waals surface area contributed by atoms with Crippen LogP contribution in [0.4, 0.5) is 36.8 Å². The molecule has 0 saturated carbocycles. The van der Waals surface area contributed by atoms with Gasteiger partial charge in [-0.15, -0.1) is 0 Å². The van der Waals surface area contributed by atoms with Crippen molar-refractivity contribution in [1.29, 1.82) is 0 Å². The van der Waals surface area contributed by atoms with Crippen molar-refractivity contribution in [3.05, 3.63) is 63.3 Å². The number of benzene rings is 2. The molecule has 0 fully saturated rings. The van der Waals surface area contributed by atoms with Crippen LogP contribution >= 0.6 is 15.9 Å². The molecule has 1 amide bonds. The number of nitrogens with zero attached hydrogens (tertiary/aromatic N) is 1. The molecule has 188 valence electrons. The van der Waals surface area contributed by atoms with Crippen molar-refractivity contribution in [3.63, 3.8) is 0 Å². The number of carbonyl (C=O) groups excluding carboxylic acids is 1. The molecule has 11 heteroatoms. The van der Waals surface area contributed by atoms with Gasteiger partial charge in [-0.1, -0.05) is 28.9 Å². The van der Waals surface area contributed by atoms with Crippen molar-refractivity contribution in [1.82, 2.24) is 4.57 Å². The molecule has 2 heterocycles. The molecule has 1 aliphatic heterocycles. The molecule has 1 aromatic heterocycles. The van der Waals surface area contributed by atoms with Crippen LogP contribution < -0.4 is 5.32 Å². The Balaban J connectivity index is 1.88. The van der Waals surface area contributed by atoms with Crippen molar-refractivity contribution in [2.75, 3.05) is 5.32 Å². The molecule has 1 atom stereocenters. The van der Waals surface area contributed by atoms with Crippen LogP contribution in [0.3, 0.4) is 0 Å². The quantitative estimate of drug-likeness (QED) is 0.319. The summed E-state index contributed by atoms with van der Waals surface area (Å²) in [5, 5.41) is 2.99. The zero-order valence-corrected chi connectivity index (χ0v) is 20.5. The van der Waals surface area contributed by atoms with Gasteiger partial charge >= 0.3 is 18.4 Å². The van der Waals surface area contributed by atoms with Gasteiger partial charge in [0.25, 0.3) is 0 Å². The summed E-state index contributed by atoms with van der Waals surface area (Å²) < 4.78 is 87.9. The summed E-state index contributed by atoms with van der Waals surface area (Å²) in [6.07, 6.45) is -9.61. The Kier molecular flexibility index (Phi) is 6.24. The first kappa shape index (κ1) is 25.6. The minimum Gasteiger partial charge on any atom is -0.366 e. The number of halogens is 7. The lowest BCUT2D eigenvalue weighted by atomic mass is 9.90. The number of alkyl halides is 6. The van der Waals surface area contributed by atoms with E-state index in [1.54, 1.807) is 18.2 Å². The normalized spacial score (nSPS) is 17.9. The topological polar surface area (TPSA) is 43.3 Å². The number of hydrogen-bond donors (Lipinski definition) is 1. The van der Waals surface area contributed by atoms with Crippen molar-refractivity contribution in [2.24, 2.45) is 0 Å². The molecule has 3 aromatic rings. The van der Waals surface area contributed by atoms with Gasteiger partial charge in [0.15, 0.2) is 0 Å². The number of nitrogens with one attached hydrogen (secondary N) is 1. The van der Waals surface area contributed by atoms with E-state index in [1.165, 1.54) is 4.57 Å². The maximum atomic E-state index is 13.4. The Morgan fingerprint density at radius 1 is 1.11 bits per heavy atom. The number of aromatic nitrogens is 1. The second kappa shape index (κ2) is 8.55. The summed E-state index contributed by atoms with van der Waals surface area (Å²) in [6, 6.07) is 5.27. The standard InChI is InChI=1S/C24H21BrF6N2O2/c1-4-18-20-15(11-22(2,3)35-18)19-16(25)6-5-7-17(19)33(20)21(34)32-14-9-12(23(26,27)28)8-13(10-14)24(29,30)31/h5-10,18H,4,11H2,1-3H3,(H,32,34). The first-order valence-corrected chi connectivity index (χ1v) is 11.5. The van der Waals surface area contributed by atoms with Crippen molar-refractivity contribution in [2.45, 2.75) is 57.7 Å². The van der Waals surface area contributed by atoms with Crippen LogP contribution in [0.1, 0.15) is 55.7 Å². The first-order valence-electron chi connectivity index (χ1n) is 10.7. The highest BCUT2D eigenvalue weighted by Crippen LogP contribution is 2.45. The predicted octanol–water partition coefficient (Wildman–Crippen LogP) is 8.32. The Labute approximate surface area is 205 Å². The Morgan fingerprint density at radius 3 is 2.26 bits per heavy atom. The van der Waals surface area contributed by atoms with E-state index in [-0.39, 0.29) is 6.07 Å². The molecule has 1 unspecified atom stereocenters. The minimum absolute atomic E-state index is 0.0166. The third-order valence-corrected chi connectivity index (χ3v) is 6.53. The number of fused-ring (bicyclic) bond motifs is 3. The van der Waals surface area contributed by atoms with Gasteiger partial charge in [-0.3, -0.25) is 4.57 Å². The molecule has 0 saturated heterocycles. The van der Waals surface area contributed by atoms with Crippen molar-refractivity contribution < 1.29 is 35.9 Å². The van der Waals surface area contributed by atoms with Gasteiger partial charge in [0, 0.05) is 22.0 Å². The van der Waals surface area contributed by atoms with Crippen molar-refractivity contribution >= 4 is 38.6 Å². The van der Waals surface area contributed by atoms with Gasteiger partial charge in [0.2, 0.25) is 0 Å². The van der Waals surface area contributed by atoms with E-state index in [0.717, 1.165) is 10.9 Å². The maximum absolute atomic E-state index is 13.4. The number of rotatable bonds is 2. The van der Waals surface area contributed by atoms with Gasteiger partial charge in [0.1, 0.15) is 0 Å². The molecule has 2 aromatic carbocycles. The summed E-state index contributed by atoms with van der Waals surface area (Å²) in [5.74, 6) is 0. The molecule has 0 bridgehead atoms. The van der Waals surface area contributed by atoms with E-state index in [1.807, 2.05) is 20.8 Å². The van der Waals surface area contributed by atoms with Crippen LogP contribution in [0.2, 0.25) is 0 Å². The fourth-order valence-electron chi connectivity index (χ4n) is 4.52. The monoisotopic (exact) mass is 562 g/mol. The molecular formula is C24H21BrF6N2O2. The van der Waals surface area contributed by atoms with E-state index in [0.29, 0.717) is 40.7 Å². The highest BCUT2D eigenvalue weighted by atomic mass is 79.9. The zero-order valence-electron chi connectivity index (χ0n) is 18.9. The Bertz CT molecular complexity index is 1280. The number of ether oxygens (including phenoxy) is 1. The van der Waals surface area contributed by atoms with Gasteiger partial charge in [-0.2, -0.15) is 26.3 Å². The lowest BCUT2D eigenvalue weighted by Crippen LogP contribution is -2.36. The molecule has 0 radical (unpaired) electrons. The summed E-state index contributed by atoms with van der Waals surface area (Å²) in [5.41, 5.74) is -2.36. The van der Waals surface area contributed by atoms with E-state index in [4.69, 9.17) is 4.74 Å². The molecule has 1 N–H and O–H groups in total. The van der Waals surface area contributed by atoms with Crippen LogP contribution in [0, 0.1) is 0 Å². The maximum Gasteiger partial charge on any atom is 0.416 e. The molecule has 4 nitrogen and oxygen atoms in total. The number of hydrogen-bond acceptors (Lipinski definition) is 2. The third-order valence-electron chi connectivity index (χ3n) is 5.87. The highest BCUT2D eigenvalue weighted by molar-refractivity contribution is 9.10. The fraction of sp³-hybridized carbons (Fsp3) is 0.375. The Morgan fingerprint density at radius 2 is 1.71 bits per heavy atom. The molecular weight excluding hydrogens is 542 g/mol. The predicted molar refractivity (Wildman–Crippen MR) is 122 cm³/mol. The Hall–Kier alpha value is -2.53. The average Bonchev–Trinajstić information content (AvgIpc) is 3.06. The SMILES string of the molecule is CCC1OC(C)(C)Cc2c1n(C(=O)Nc1cc(C(F)(F)F)cc(C(F)(F)F)c1)c1cccc(Br)c21. The van der Waals surface area contributed by atoms with E-state index in [9.17, 15) is 31.1 Å². The second-order valence-electron chi connectivity index (χ2n) is 9.01. The van der Waals surface area contributed by atoms with Gasteiger partial charge in [0.05, 0.1) is 34.0 Å². The molecule has 4 rings (SSSR count). The van der Waals surface area contributed by atoms with Crippen LogP contribution in [0.25, 0.3) is 10.9 Å². The van der Waals surface area contributed by atoms with Crippen LogP contribution in [0.5, 0.6) is 0 Å². The molecule has 35 heavy (non-hydrogen) atoms. The lowest BCUT2D eigenvalue weighted by Gasteiger charge is -2.36. The smallest absolute Gasteiger partial charge is 0.366 e. The minimum atomic E-state index is -5.03. The largest absolute Gasteiger partial charge is 0.416 e. The number of amides is 1. The number of carbonyl (C=O) groups is 1. The fourth-order valence-corrected chi connectivity index (χ4v) is 5.11. The third kappa shape index (κ3) is 4.80. The van der Waals surface area contributed by atoms with Gasteiger partial charge in [-0.05, 0) is 56.2 Å². The van der Waals surface area contributed by atoms with E-state index in [2.05, 4.69) is 21.2 Å². The average molecular weight is 563 g/mol.